The lowest BCUT2D eigenvalue weighted by Gasteiger charge is -2.21. The van der Waals surface area contributed by atoms with E-state index in [1.807, 2.05) is 32.3 Å². The van der Waals surface area contributed by atoms with Crippen LogP contribution in [0.5, 0.6) is 0 Å². The van der Waals surface area contributed by atoms with Crippen molar-refractivity contribution in [2.45, 2.75) is 20.0 Å². The number of rotatable bonds is 4. The zero-order valence-electron chi connectivity index (χ0n) is 10.2. The van der Waals surface area contributed by atoms with E-state index in [1.165, 1.54) is 5.56 Å². The van der Waals surface area contributed by atoms with Gasteiger partial charge in [0.1, 0.15) is 5.76 Å². The smallest absolute Gasteiger partial charge is 0.105 e. The minimum Gasteiger partial charge on any atom is -0.469 e. The van der Waals surface area contributed by atoms with Gasteiger partial charge < -0.3 is 15.1 Å². The van der Waals surface area contributed by atoms with Crippen LogP contribution in [0.2, 0.25) is 0 Å². The van der Waals surface area contributed by atoms with E-state index in [4.69, 9.17) is 10.2 Å². The van der Waals surface area contributed by atoms with Crippen molar-refractivity contribution in [1.29, 1.82) is 0 Å². The van der Waals surface area contributed by atoms with Crippen LogP contribution >= 0.6 is 0 Å². The number of hydrogen-bond donors (Lipinski definition) is 1. The second-order valence-corrected chi connectivity index (χ2v) is 4.07. The SMILES string of the molecule is Cc1occc1CN(C)c1ccncc1CN. The molecule has 0 aromatic carbocycles. The first-order valence-corrected chi connectivity index (χ1v) is 5.59. The molecule has 0 amide bonds. The van der Waals surface area contributed by atoms with Crippen LogP contribution in [-0.2, 0) is 13.1 Å². The standard InChI is InChI=1S/C13H17N3O/c1-10-11(4-6-17-10)9-16(2)13-3-5-15-8-12(13)7-14/h3-6,8H,7,9,14H2,1-2H3. The molecule has 2 rings (SSSR count). The van der Waals surface area contributed by atoms with Crippen LogP contribution in [0.15, 0.2) is 35.2 Å². The third-order valence-corrected chi connectivity index (χ3v) is 2.88. The number of hydrogen-bond acceptors (Lipinski definition) is 4. The predicted octanol–water partition coefficient (Wildman–Crippen LogP) is 2.08. The molecule has 2 N–H and O–H groups in total. The van der Waals surface area contributed by atoms with E-state index >= 15 is 0 Å². The number of nitrogens with zero attached hydrogens (tertiary/aromatic N) is 2. The molecule has 0 aliphatic heterocycles. The van der Waals surface area contributed by atoms with Crippen LogP contribution in [-0.4, -0.2) is 12.0 Å². The summed E-state index contributed by atoms with van der Waals surface area (Å²) in [5.74, 6) is 0.959. The molecule has 0 radical (unpaired) electrons. The highest BCUT2D eigenvalue weighted by atomic mass is 16.3. The van der Waals surface area contributed by atoms with E-state index in [0.29, 0.717) is 6.54 Å². The summed E-state index contributed by atoms with van der Waals surface area (Å²) >= 11 is 0. The van der Waals surface area contributed by atoms with E-state index in [0.717, 1.165) is 23.6 Å². The first-order valence-electron chi connectivity index (χ1n) is 5.59. The second-order valence-electron chi connectivity index (χ2n) is 4.07. The van der Waals surface area contributed by atoms with Crippen LogP contribution in [0.3, 0.4) is 0 Å². The van der Waals surface area contributed by atoms with Gasteiger partial charge in [0.05, 0.1) is 6.26 Å². The summed E-state index contributed by atoms with van der Waals surface area (Å²) in [6.07, 6.45) is 5.32. The van der Waals surface area contributed by atoms with Crippen LogP contribution < -0.4 is 10.6 Å². The summed E-state index contributed by atoms with van der Waals surface area (Å²) in [5, 5.41) is 0. The van der Waals surface area contributed by atoms with Gasteiger partial charge in [-0.3, -0.25) is 4.98 Å². The van der Waals surface area contributed by atoms with E-state index in [2.05, 4.69) is 9.88 Å². The Morgan fingerprint density at radius 2 is 2.18 bits per heavy atom. The fraction of sp³-hybridized carbons (Fsp3) is 0.308. The quantitative estimate of drug-likeness (QED) is 0.875. The molecule has 0 spiro atoms. The summed E-state index contributed by atoms with van der Waals surface area (Å²) in [6.45, 7) is 3.27. The monoisotopic (exact) mass is 231 g/mol. The average molecular weight is 231 g/mol. The van der Waals surface area contributed by atoms with E-state index in [-0.39, 0.29) is 0 Å². The molecule has 0 bridgehead atoms. The van der Waals surface area contributed by atoms with Crippen molar-refractivity contribution in [2.24, 2.45) is 5.73 Å². The minimum absolute atomic E-state index is 0.498. The van der Waals surface area contributed by atoms with Crippen LogP contribution in [0, 0.1) is 6.92 Å². The number of nitrogens with two attached hydrogens (primary N) is 1. The Labute approximate surface area is 101 Å². The molecular formula is C13H17N3O. The molecule has 0 atom stereocenters. The van der Waals surface area contributed by atoms with Gasteiger partial charge in [0, 0.05) is 49.3 Å². The van der Waals surface area contributed by atoms with Gasteiger partial charge in [0.2, 0.25) is 0 Å². The van der Waals surface area contributed by atoms with Crippen molar-refractivity contribution in [2.75, 3.05) is 11.9 Å². The summed E-state index contributed by atoms with van der Waals surface area (Å²) in [5.41, 5.74) is 9.06. The molecule has 2 aromatic heterocycles. The molecule has 4 heteroatoms. The molecule has 0 aliphatic rings. The summed E-state index contributed by atoms with van der Waals surface area (Å²) in [7, 11) is 2.04. The molecule has 2 heterocycles. The molecule has 17 heavy (non-hydrogen) atoms. The fourth-order valence-corrected chi connectivity index (χ4v) is 1.87. The van der Waals surface area contributed by atoms with Crippen molar-refractivity contribution < 1.29 is 4.42 Å². The molecule has 0 aliphatic carbocycles. The second kappa shape index (κ2) is 5.01. The number of aromatic nitrogens is 1. The molecule has 0 saturated heterocycles. The highest BCUT2D eigenvalue weighted by Gasteiger charge is 2.09. The van der Waals surface area contributed by atoms with Gasteiger partial charge in [-0.1, -0.05) is 0 Å². The lowest BCUT2D eigenvalue weighted by molar-refractivity contribution is 0.529. The van der Waals surface area contributed by atoms with E-state index in [1.54, 1.807) is 12.5 Å². The van der Waals surface area contributed by atoms with Crippen LogP contribution in [0.1, 0.15) is 16.9 Å². The lowest BCUT2D eigenvalue weighted by atomic mass is 10.2. The van der Waals surface area contributed by atoms with Gasteiger partial charge in [-0.25, -0.2) is 0 Å². The predicted molar refractivity (Wildman–Crippen MR) is 67.7 cm³/mol. The van der Waals surface area contributed by atoms with Crippen molar-refractivity contribution >= 4 is 5.69 Å². The zero-order chi connectivity index (χ0) is 12.3. The highest BCUT2D eigenvalue weighted by Crippen LogP contribution is 2.20. The Kier molecular flexibility index (Phi) is 3.44. The first-order chi connectivity index (χ1) is 8.22. The maximum absolute atomic E-state index is 5.71. The Bertz CT molecular complexity index is 493. The van der Waals surface area contributed by atoms with Gasteiger partial charge in [0.25, 0.3) is 0 Å². The van der Waals surface area contributed by atoms with Gasteiger partial charge in [-0.2, -0.15) is 0 Å². The van der Waals surface area contributed by atoms with Gasteiger partial charge in [0.15, 0.2) is 0 Å². The summed E-state index contributed by atoms with van der Waals surface area (Å²) in [4.78, 5) is 6.24. The number of furan rings is 1. The van der Waals surface area contributed by atoms with Crippen LogP contribution in [0.4, 0.5) is 5.69 Å². The topological polar surface area (TPSA) is 55.3 Å². The summed E-state index contributed by atoms with van der Waals surface area (Å²) < 4.78 is 5.29. The normalized spacial score (nSPS) is 10.5. The molecule has 2 aromatic rings. The highest BCUT2D eigenvalue weighted by molar-refractivity contribution is 5.52. The molecule has 4 nitrogen and oxygen atoms in total. The molecule has 0 saturated carbocycles. The Morgan fingerprint density at radius 1 is 1.35 bits per heavy atom. The van der Waals surface area contributed by atoms with Gasteiger partial charge in [-0.05, 0) is 19.1 Å². The van der Waals surface area contributed by atoms with Crippen molar-refractivity contribution in [3.63, 3.8) is 0 Å². The maximum Gasteiger partial charge on any atom is 0.105 e. The minimum atomic E-state index is 0.498. The largest absolute Gasteiger partial charge is 0.469 e. The van der Waals surface area contributed by atoms with Crippen molar-refractivity contribution in [1.82, 2.24) is 4.98 Å². The van der Waals surface area contributed by atoms with E-state index < -0.39 is 0 Å². The number of anilines is 1. The van der Waals surface area contributed by atoms with Gasteiger partial charge in [-0.15, -0.1) is 0 Å². The molecular weight excluding hydrogens is 214 g/mol. The Balaban J connectivity index is 2.20. The Hall–Kier alpha value is -1.81. The van der Waals surface area contributed by atoms with Crippen molar-refractivity contribution in [3.8, 4) is 0 Å². The summed E-state index contributed by atoms with van der Waals surface area (Å²) in [6, 6.07) is 3.98. The number of aryl methyl sites for hydroxylation is 1. The zero-order valence-corrected chi connectivity index (χ0v) is 10.2. The molecule has 90 valence electrons. The maximum atomic E-state index is 5.71. The lowest BCUT2D eigenvalue weighted by Crippen LogP contribution is -2.19. The third-order valence-electron chi connectivity index (χ3n) is 2.88. The van der Waals surface area contributed by atoms with E-state index in [9.17, 15) is 0 Å². The van der Waals surface area contributed by atoms with Crippen LogP contribution in [0.25, 0.3) is 0 Å². The van der Waals surface area contributed by atoms with Crippen molar-refractivity contribution in [3.05, 3.63) is 47.7 Å². The third kappa shape index (κ3) is 2.47. The fourth-order valence-electron chi connectivity index (χ4n) is 1.87. The molecule has 0 unspecified atom stereocenters. The first kappa shape index (κ1) is 11.7. The number of pyridine rings is 1. The average Bonchev–Trinajstić information content (AvgIpc) is 2.75. The molecule has 0 fully saturated rings. The van der Waals surface area contributed by atoms with Gasteiger partial charge >= 0.3 is 0 Å². The Morgan fingerprint density at radius 3 is 2.82 bits per heavy atom.